The largest absolute Gasteiger partial charge is 0.508 e. The summed E-state index contributed by atoms with van der Waals surface area (Å²) in [4.78, 5) is 4.36. The van der Waals surface area contributed by atoms with Gasteiger partial charge in [-0.15, -0.1) is 24.8 Å². The zero-order valence-corrected chi connectivity index (χ0v) is 17.6. The molecule has 0 unspecified atom stereocenters. The Morgan fingerprint density at radius 3 is 2.56 bits per heavy atom. The van der Waals surface area contributed by atoms with Gasteiger partial charge in [0.25, 0.3) is 0 Å². The highest BCUT2D eigenvalue weighted by Crippen LogP contribution is 2.25. The van der Waals surface area contributed by atoms with Gasteiger partial charge in [-0.25, -0.2) is 0 Å². The molecule has 3 N–H and O–H groups in total. The molecule has 0 spiro atoms. The Bertz CT molecular complexity index is 887. The standard InChI is InChI=1S/C20H22ClN3O.2ClH/c1-20(2,24-12-14-5-3-4-6-19(14)25)13-23-17-9-10-22-18-11-15(21)7-8-16(17)18;;/h3-11,24-25H,12-13H2,1-2H3,(H,22,23);2*1H. The highest BCUT2D eigenvalue weighted by atomic mass is 35.5. The van der Waals surface area contributed by atoms with E-state index in [9.17, 15) is 5.11 Å². The number of hydrogen-bond donors (Lipinski definition) is 3. The molecule has 146 valence electrons. The van der Waals surface area contributed by atoms with E-state index in [4.69, 9.17) is 11.6 Å². The number of hydrogen-bond acceptors (Lipinski definition) is 4. The van der Waals surface area contributed by atoms with Crippen LogP contribution in [0.25, 0.3) is 10.9 Å². The molecule has 0 aliphatic heterocycles. The molecule has 27 heavy (non-hydrogen) atoms. The van der Waals surface area contributed by atoms with E-state index in [-0.39, 0.29) is 30.4 Å². The van der Waals surface area contributed by atoms with Gasteiger partial charge in [-0.1, -0.05) is 29.8 Å². The number of nitrogens with zero attached hydrogens (tertiary/aromatic N) is 1. The first-order valence-electron chi connectivity index (χ1n) is 8.25. The summed E-state index contributed by atoms with van der Waals surface area (Å²) in [6.45, 7) is 5.58. The van der Waals surface area contributed by atoms with Crippen LogP contribution in [0, 0.1) is 0 Å². The lowest BCUT2D eigenvalue weighted by molar-refractivity contribution is 0.398. The first-order valence-corrected chi connectivity index (χ1v) is 8.62. The molecule has 0 saturated heterocycles. The maximum absolute atomic E-state index is 9.88. The van der Waals surface area contributed by atoms with Crippen LogP contribution in [-0.4, -0.2) is 22.2 Å². The Balaban J connectivity index is 0.00000182. The van der Waals surface area contributed by atoms with Crippen molar-refractivity contribution >= 4 is 53.0 Å². The number of halogens is 3. The van der Waals surface area contributed by atoms with Crippen LogP contribution in [0.4, 0.5) is 5.69 Å². The summed E-state index contributed by atoms with van der Waals surface area (Å²) < 4.78 is 0. The van der Waals surface area contributed by atoms with Crippen molar-refractivity contribution in [2.75, 3.05) is 11.9 Å². The van der Waals surface area contributed by atoms with E-state index in [0.717, 1.165) is 28.7 Å². The van der Waals surface area contributed by atoms with Gasteiger partial charge in [0, 0.05) is 46.5 Å². The number of benzene rings is 2. The number of para-hydroxylation sites is 1. The molecule has 1 heterocycles. The van der Waals surface area contributed by atoms with Gasteiger partial charge < -0.3 is 15.7 Å². The quantitative estimate of drug-likeness (QED) is 0.491. The summed E-state index contributed by atoms with van der Waals surface area (Å²) in [7, 11) is 0. The third kappa shape index (κ3) is 6.15. The summed E-state index contributed by atoms with van der Waals surface area (Å²) in [6, 6.07) is 15.1. The molecule has 0 amide bonds. The molecule has 2 aromatic carbocycles. The van der Waals surface area contributed by atoms with Gasteiger partial charge in [0.15, 0.2) is 0 Å². The molecule has 0 aliphatic carbocycles. The molecular formula is C20H24Cl3N3O. The van der Waals surface area contributed by atoms with Crippen LogP contribution in [0.2, 0.25) is 5.02 Å². The van der Waals surface area contributed by atoms with Crippen molar-refractivity contribution in [3.63, 3.8) is 0 Å². The SMILES string of the molecule is CC(C)(CNc1ccnc2cc(Cl)ccc12)NCc1ccccc1O.Cl.Cl. The summed E-state index contributed by atoms with van der Waals surface area (Å²) >= 11 is 6.04. The monoisotopic (exact) mass is 427 g/mol. The second-order valence-electron chi connectivity index (χ2n) is 6.74. The molecule has 4 nitrogen and oxygen atoms in total. The topological polar surface area (TPSA) is 57.2 Å². The Kier molecular flexibility index (Phi) is 8.63. The first kappa shape index (κ1) is 23.3. The highest BCUT2D eigenvalue weighted by Gasteiger charge is 2.18. The van der Waals surface area contributed by atoms with E-state index in [0.29, 0.717) is 17.3 Å². The minimum atomic E-state index is -0.162. The lowest BCUT2D eigenvalue weighted by Crippen LogP contribution is -2.44. The van der Waals surface area contributed by atoms with Crippen molar-refractivity contribution in [1.82, 2.24) is 10.3 Å². The lowest BCUT2D eigenvalue weighted by Gasteiger charge is -2.28. The third-order valence-electron chi connectivity index (χ3n) is 4.17. The van der Waals surface area contributed by atoms with E-state index in [2.05, 4.69) is 29.5 Å². The van der Waals surface area contributed by atoms with Gasteiger partial charge in [0.05, 0.1) is 5.52 Å². The van der Waals surface area contributed by atoms with Crippen molar-refractivity contribution in [2.45, 2.75) is 25.9 Å². The predicted molar refractivity (Wildman–Crippen MR) is 119 cm³/mol. The van der Waals surface area contributed by atoms with Crippen molar-refractivity contribution in [2.24, 2.45) is 0 Å². The maximum atomic E-state index is 9.88. The van der Waals surface area contributed by atoms with Crippen molar-refractivity contribution in [3.8, 4) is 5.75 Å². The van der Waals surface area contributed by atoms with Gasteiger partial charge >= 0.3 is 0 Å². The van der Waals surface area contributed by atoms with E-state index in [1.165, 1.54) is 0 Å². The number of fused-ring (bicyclic) bond motifs is 1. The number of nitrogens with one attached hydrogen (secondary N) is 2. The fourth-order valence-electron chi connectivity index (χ4n) is 2.65. The summed E-state index contributed by atoms with van der Waals surface area (Å²) in [6.07, 6.45) is 1.78. The molecule has 0 aliphatic rings. The number of aromatic nitrogens is 1. The molecule has 0 bridgehead atoms. The number of phenols is 1. The average Bonchev–Trinajstić information content (AvgIpc) is 2.59. The third-order valence-corrected chi connectivity index (χ3v) is 4.41. The van der Waals surface area contributed by atoms with E-state index < -0.39 is 0 Å². The molecule has 1 aromatic heterocycles. The summed E-state index contributed by atoms with van der Waals surface area (Å²) in [5.74, 6) is 0.316. The number of rotatable bonds is 6. The molecule has 0 fully saturated rings. The molecular weight excluding hydrogens is 405 g/mol. The summed E-state index contributed by atoms with van der Waals surface area (Å²) in [5, 5.41) is 18.6. The zero-order chi connectivity index (χ0) is 17.9. The van der Waals surface area contributed by atoms with Gasteiger partial charge in [0.1, 0.15) is 5.75 Å². The van der Waals surface area contributed by atoms with Crippen LogP contribution >= 0.6 is 36.4 Å². The number of pyridine rings is 1. The molecule has 0 saturated carbocycles. The normalized spacial score (nSPS) is 10.8. The van der Waals surface area contributed by atoms with Crippen LogP contribution < -0.4 is 10.6 Å². The van der Waals surface area contributed by atoms with Gasteiger partial charge in [-0.3, -0.25) is 4.98 Å². The second kappa shape index (κ2) is 10.00. The summed E-state index contributed by atoms with van der Waals surface area (Å²) in [5.41, 5.74) is 2.63. The average molecular weight is 429 g/mol. The fraction of sp³-hybridized carbons (Fsp3) is 0.250. The second-order valence-corrected chi connectivity index (χ2v) is 7.18. The highest BCUT2D eigenvalue weighted by molar-refractivity contribution is 6.31. The van der Waals surface area contributed by atoms with Gasteiger partial charge in [-0.2, -0.15) is 0 Å². The predicted octanol–water partition coefficient (Wildman–Crippen LogP) is 5.42. The van der Waals surface area contributed by atoms with E-state index in [1.54, 1.807) is 12.3 Å². The van der Waals surface area contributed by atoms with Crippen molar-refractivity contribution in [3.05, 3.63) is 65.3 Å². The Morgan fingerprint density at radius 2 is 1.81 bits per heavy atom. The molecule has 3 aromatic rings. The van der Waals surface area contributed by atoms with Gasteiger partial charge in [0.2, 0.25) is 0 Å². The molecule has 7 heteroatoms. The fourth-order valence-corrected chi connectivity index (χ4v) is 2.82. The van der Waals surface area contributed by atoms with Crippen LogP contribution in [0.1, 0.15) is 19.4 Å². The first-order chi connectivity index (χ1) is 11.9. The molecule has 0 atom stereocenters. The van der Waals surface area contributed by atoms with Crippen molar-refractivity contribution < 1.29 is 5.11 Å². The molecule has 3 rings (SSSR count). The maximum Gasteiger partial charge on any atom is 0.120 e. The van der Waals surface area contributed by atoms with Crippen LogP contribution in [0.3, 0.4) is 0 Å². The number of anilines is 1. The van der Waals surface area contributed by atoms with E-state index in [1.807, 2.05) is 42.5 Å². The zero-order valence-electron chi connectivity index (χ0n) is 15.2. The Morgan fingerprint density at radius 1 is 1.07 bits per heavy atom. The number of aromatic hydroxyl groups is 1. The Hall–Kier alpha value is -1.72. The smallest absolute Gasteiger partial charge is 0.120 e. The van der Waals surface area contributed by atoms with Crippen LogP contribution in [-0.2, 0) is 6.54 Å². The van der Waals surface area contributed by atoms with Gasteiger partial charge in [-0.05, 0) is 44.2 Å². The minimum Gasteiger partial charge on any atom is -0.508 e. The van der Waals surface area contributed by atoms with Crippen LogP contribution in [0.15, 0.2) is 54.7 Å². The minimum absolute atomic E-state index is 0. The van der Waals surface area contributed by atoms with Crippen molar-refractivity contribution in [1.29, 1.82) is 0 Å². The number of phenolic OH excluding ortho intramolecular Hbond substituents is 1. The molecule has 0 radical (unpaired) electrons. The Labute approximate surface area is 177 Å². The van der Waals surface area contributed by atoms with Crippen LogP contribution in [0.5, 0.6) is 5.75 Å². The van der Waals surface area contributed by atoms with E-state index >= 15 is 0 Å². The lowest BCUT2D eigenvalue weighted by atomic mass is 10.0.